The lowest BCUT2D eigenvalue weighted by atomic mass is 10.00. The van der Waals surface area contributed by atoms with Gasteiger partial charge in [0, 0.05) is 0 Å². The van der Waals surface area contributed by atoms with Gasteiger partial charge in [0.2, 0.25) is 10.0 Å². The Hall–Kier alpha value is -1.87. The number of carbonyl (C=O) groups excluding carboxylic acids is 1. The number of piperazine rings is 1. The molecule has 3 rings (SSSR count). The van der Waals surface area contributed by atoms with E-state index in [0.717, 1.165) is 34.2 Å². The first-order chi connectivity index (χ1) is 14.5. The minimum Gasteiger partial charge on any atom is -0.333 e. The zero-order valence-corrected chi connectivity index (χ0v) is 18.2. The van der Waals surface area contributed by atoms with Crippen molar-refractivity contribution < 1.29 is 31.3 Å². The van der Waals surface area contributed by atoms with Crippen LogP contribution < -0.4 is 10.2 Å². The highest BCUT2D eigenvalue weighted by molar-refractivity contribution is 7.89. The molecule has 1 saturated carbocycles. The molecule has 1 aromatic rings. The number of quaternary nitrogens is 1. The molecule has 0 bridgehead atoms. The Bertz CT molecular complexity index is 980. The highest BCUT2D eigenvalue weighted by atomic mass is 35.5. The molecule has 2 N–H and O–H groups in total. The van der Waals surface area contributed by atoms with Gasteiger partial charge in [0.1, 0.15) is 5.54 Å². The number of halogens is 4. The third kappa shape index (κ3) is 5.31. The third-order valence-corrected chi connectivity index (χ3v) is 8.00. The summed E-state index contributed by atoms with van der Waals surface area (Å²) < 4.78 is 66.0. The second-order valence-corrected chi connectivity index (χ2v) is 10.3. The maximum absolute atomic E-state index is 13.1. The topological polar surface area (TPSA) is 94.7 Å². The Labute approximate surface area is 183 Å². The quantitative estimate of drug-likeness (QED) is 0.663. The van der Waals surface area contributed by atoms with Gasteiger partial charge >= 0.3 is 6.18 Å². The summed E-state index contributed by atoms with van der Waals surface area (Å²) in [6.45, 7) is 0.894. The van der Waals surface area contributed by atoms with Crippen LogP contribution in [0, 0.1) is 11.3 Å². The Morgan fingerprint density at radius 3 is 2.42 bits per heavy atom. The number of alkyl halides is 3. The summed E-state index contributed by atoms with van der Waals surface area (Å²) in [6, 6.07) is 4.73. The van der Waals surface area contributed by atoms with Crippen molar-refractivity contribution >= 4 is 27.5 Å². The molecule has 1 aliphatic carbocycles. The second-order valence-electron chi connectivity index (χ2n) is 7.92. The van der Waals surface area contributed by atoms with E-state index in [1.807, 2.05) is 0 Å². The summed E-state index contributed by atoms with van der Waals surface area (Å²) in [7, 11) is -4.13. The number of hydrogen-bond donors (Lipinski definition) is 2. The normalized spacial score (nSPS) is 20.4. The van der Waals surface area contributed by atoms with Crippen LogP contribution >= 0.6 is 11.6 Å². The van der Waals surface area contributed by atoms with E-state index in [0.29, 0.717) is 32.0 Å². The van der Waals surface area contributed by atoms with E-state index in [9.17, 15) is 31.6 Å². The first kappa shape index (κ1) is 23.8. The van der Waals surface area contributed by atoms with E-state index in [-0.39, 0.29) is 25.5 Å². The van der Waals surface area contributed by atoms with Crippen molar-refractivity contribution in [3.05, 3.63) is 28.8 Å². The van der Waals surface area contributed by atoms with E-state index in [1.165, 1.54) is 0 Å². The summed E-state index contributed by atoms with van der Waals surface area (Å²) in [5.41, 5.74) is -2.01. The van der Waals surface area contributed by atoms with Crippen molar-refractivity contribution in [3.8, 4) is 6.07 Å². The lowest BCUT2D eigenvalue weighted by Crippen LogP contribution is -3.16. The third-order valence-electron chi connectivity index (χ3n) is 5.77. The smallest absolute Gasteiger partial charge is 0.333 e. The van der Waals surface area contributed by atoms with Gasteiger partial charge in [-0.25, -0.2) is 8.42 Å². The highest BCUT2D eigenvalue weighted by Crippen LogP contribution is 2.36. The molecule has 0 atom stereocenters. The second kappa shape index (κ2) is 8.94. The fourth-order valence-corrected chi connectivity index (χ4v) is 5.73. The predicted octanol–water partition coefficient (Wildman–Crippen LogP) is 1.20. The standard InChI is InChI=1S/C19H22ClF3N4O3S/c20-16-4-3-14(11-15(16)19(21,22)23)31(29,30)27-9-7-26(8-10-27)12-17(28)25-18(13-24)5-1-2-6-18/h3-4,11H,1-2,5-10,12H2,(H,25,28)/p+1. The highest BCUT2D eigenvalue weighted by Gasteiger charge is 2.38. The average molecular weight is 480 g/mol. The van der Waals surface area contributed by atoms with Crippen LogP contribution in [0.3, 0.4) is 0 Å². The van der Waals surface area contributed by atoms with Crippen molar-refractivity contribution in [1.29, 1.82) is 5.26 Å². The lowest BCUT2D eigenvalue weighted by Gasteiger charge is -2.32. The van der Waals surface area contributed by atoms with Crippen LogP contribution in [-0.2, 0) is 21.0 Å². The molecule has 1 aromatic carbocycles. The molecule has 7 nitrogen and oxygen atoms in total. The summed E-state index contributed by atoms with van der Waals surface area (Å²) in [5, 5.41) is 11.6. The largest absolute Gasteiger partial charge is 0.417 e. The minimum atomic E-state index is -4.76. The van der Waals surface area contributed by atoms with Gasteiger partial charge in [-0.15, -0.1) is 0 Å². The maximum atomic E-state index is 13.1. The summed E-state index contributed by atoms with van der Waals surface area (Å²) in [6.07, 6.45) is -1.75. The number of nitriles is 1. The monoisotopic (exact) mass is 479 g/mol. The Balaban J connectivity index is 1.61. The number of nitrogens with one attached hydrogen (secondary N) is 2. The fraction of sp³-hybridized carbons (Fsp3) is 0.579. The molecule has 31 heavy (non-hydrogen) atoms. The van der Waals surface area contributed by atoms with E-state index in [1.54, 1.807) is 0 Å². The molecule has 12 heteroatoms. The number of hydrogen-bond acceptors (Lipinski definition) is 4. The van der Waals surface area contributed by atoms with Crippen LogP contribution in [0.5, 0.6) is 0 Å². The zero-order valence-electron chi connectivity index (χ0n) is 16.6. The molecule has 1 heterocycles. The molecule has 2 fully saturated rings. The van der Waals surface area contributed by atoms with Gasteiger partial charge in [0.25, 0.3) is 5.91 Å². The van der Waals surface area contributed by atoms with Gasteiger partial charge in [-0.05, 0) is 43.9 Å². The molecular weight excluding hydrogens is 457 g/mol. The molecule has 1 saturated heterocycles. The van der Waals surface area contributed by atoms with Crippen LogP contribution in [0.1, 0.15) is 31.2 Å². The lowest BCUT2D eigenvalue weighted by molar-refractivity contribution is -0.895. The summed E-state index contributed by atoms with van der Waals surface area (Å²) >= 11 is 5.58. The number of benzene rings is 1. The van der Waals surface area contributed by atoms with Gasteiger partial charge in [0.05, 0.1) is 47.7 Å². The predicted molar refractivity (Wildman–Crippen MR) is 106 cm³/mol. The van der Waals surface area contributed by atoms with Gasteiger partial charge in [0.15, 0.2) is 6.54 Å². The van der Waals surface area contributed by atoms with Gasteiger partial charge < -0.3 is 10.2 Å². The molecule has 1 aliphatic heterocycles. The van der Waals surface area contributed by atoms with E-state index in [2.05, 4.69) is 11.4 Å². The SMILES string of the molecule is N#CC1(NC(=O)C[NH+]2CCN(S(=O)(=O)c3ccc(Cl)c(C(F)(F)F)c3)CC2)CCCC1. The van der Waals surface area contributed by atoms with E-state index < -0.39 is 37.2 Å². The minimum absolute atomic E-state index is 0.0678. The summed E-state index contributed by atoms with van der Waals surface area (Å²) in [5.74, 6) is -0.262. The van der Waals surface area contributed by atoms with Gasteiger partial charge in [-0.1, -0.05) is 11.6 Å². The first-order valence-electron chi connectivity index (χ1n) is 9.90. The molecule has 0 unspecified atom stereocenters. The van der Waals surface area contributed by atoms with Crippen LogP contribution in [0.25, 0.3) is 0 Å². The summed E-state index contributed by atoms with van der Waals surface area (Å²) in [4.78, 5) is 12.7. The number of carbonyl (C=O) groups is 1. The molecule has 0 aromatic heterocycles. The fourth-order valence-electron chi connectivity index (χ4n) is 4.03. The molecular formula is C19H23ClF3N4O3S+. The number of amides is 1. The van der Waals surface area contributed by atoms with Crippen LogP contribution in [0.4, 0.5) is 13.2 Å². The molecule has 170 valence electrons. The Kier molecular flexibility index (Phi) is 6.86. The maximum Gasteiger partial charge on any atom is 0.417 e. The van der Waals surface area contributed by atoms with E-state index in [4.69, 9.17) is 11.6 Å². The van der Waals surface area contributed by atoms with Crippen LogP contribution in [0.2, 0.25) is 5.02 Å². The van der Waals surface area contributed by atoms with Gasteiger partial charge in [-0.3, -0.25) is 4.79 Å². The van der Waals surface area contributed by atoms with Crippen molar-refractivity contribution in [2.45, 2.75) is 42.3 Å². The molecule has 2 aliphatic rings. The van der Waals surface area contributed by atoms with E-state index >= 15 is 0 Å². The molecule has 1 amide bonds. The Morgan fingerprint density at radius 2 is 1.87 bits per heavy atom. The van der Waals surface area contributed by atoms with Crippen LogP contribution in [0.15, 0.2) is 23.1 Å². The molecule has 0 radical (unpaired) electrons. The van der Waals surface area contributed by atoms with Crippen molar-refractivity contribution in [1.82, 2.24) is 9.62 Å². The number of nitrogens with zero attached hydrogens (tertiary/aromatic N) is 2. The van der Waals surface area contributed by atoms with Crippen molar-refractivity contribution in [2.24, 2.45) is 0 Å². The zero-order chi connectivity index (χ0) is 22.9. The van der Waals surface area contributed by atoms with Gasteiger partial charge in [-0.2, -0.15) is 22.7 Å². The Morgan fingerprint density at radius 1 is 1.26 bits per heavy atom. The first-order valence-corrected chi connectivity index (χ1v) is 11.7. The average Bonchev–Trinajstić information content (AvgIpc) is 3.16. The molecule has 0 spiro atoms. The number of rotatable bonds is 5. The van der Waals surface area contributed by atoms with Crippen molar-refractivity contribution in [2.75, 3.05) is 32.7 Å². The number of sulfonamides is 1. The van der Waals surface area contributed by atoms with Crippen LogP contribution in [-0.4, -0.2) is 56.9 Å². The van der Waals surface area contributed by atoms with Crippen molar-refractivity contribution in [3.63, 3.8) is 0 Å².